The van der Waals surface area contributed by atoms with Gasteiger partial charge in [0.15, 0.2) is 0 Å². The minimum atomic E-state index is -0.441. The maximum Gasteiger partial charge on any atom is 0.407 e. The summed E-state index contributed by atoms with van der Waals surface area (Å²) in [5.41, 5.74) is -0.441. The van der Waals surface area contributed by atoms with Gasteiger partial charge in [-0.2, -0.15) is 0 Å². The molecule has 0 aromatic carbocycles. The third-order valence-corrected chi connectivity index (χ3v) is 3.05. The van der Waals surface area contributed by atoms with Crippen LogP contribution in [-0.4, -0.2) is 31.3 Å². The van der Waals surface area contributed by atoms with Gasteiger partial charge in [-0.25, -0.2) is 4.79 Å². The van der Waals surface area contributed by atoms with Crippen molar-refractivity contribution in [3.05, 3.63) is 0 Å². The molecule has 0 saturated heterocycles. The number of hydrogen-bond donors (Lipinski definition) is 2. The van der Waals surface area contributed by atoms with E-state index in [0.29, 0.717) is 11.8 Å². The van der Waals surface area contributed by atoms with Gasteiger partial charge in [0.05, 0.1) is 0 Å². The lowest BCUT2D eigenvalue weighted by molar-refractivity contribution is 0.0481. The van der Waals surface area contributed by atoms with E-state index in [1.165, 1.54) is 0 Å². The second-order valence-corrected chi connectivity index (χ2v) is 6.73. The summed E-state index contributed by atoms with van der Waals surface area (Å²) in [6.45, 7) is 13.1. The molecule has 19 heavy (non-hydrogen) atoms. The third-order valence-electron chi connectivity index (χ3n) is 3.05. The van der Waals surface area contributed by atoms with E-state index >= 15 is 0 Å². The molecule has 4 nitrogen and oxygen atoms in total. The van der Waals surface area contributed by atoms with Gasteiger partial charge in [-0.15, -0.1) is 0 Å². The van der Waals surface area contributed by atoms with Gasteiger partial charge in [-0.05, 0) is 59.0 Å². The van der Waals surface area contributed by atoms with E-state index < -0.39 is 5.60 Å². The Morgan fingerprint density at radius 1 is 1.21 bits per heavy atom. The summed E-state index contributed by atoms with van der Waals surface area (Å²) in [5, 5.41) is 6.16. The molecular weight excluding hydrogens is 240 g/mol. The number of nitrogens with one attached hydrogen (secondary N) is 2. The summed E-state index contributed by atoms with van der Waals surface area (Å²) in [6.07, 6.45) is 1.79. The van der Waals surface area contributed by atoms with Crippen molar-refractivity contribution in [1.29, 1.82) is 0 Å². The Morgan fingerprint density at radius 3 is 2.21 bits per heavy atom. The van der Waals surface area contributed by atoms with E-state index in [1.807, 2.05) is 27.8 Å². The summed E-state index contributed by atoms with van der Waals surface area (Å²) < 4.78 is 5.32. The zero-order valence-corrected chi connectivity index (χ0v) is 13.7. The van der Waals surface area contributed by atoms with Crippen LogP contribution in [0.4, 0.5) is 4.79 Å². The first kappa shape index (κ1) is 18.2. The van der Waals surface area contributed by atoms with Gasteiger partial charge >= 0.3 is 6.09 Å². The average molecular weight is 272 g/mol. The molecule has 0 aliphatic rings. The third kappa shape index (κ3) is 9.77. The Kier molecular flexibility index (Phi) is 8.07. The van der Waals surface area contributed by atoms with Gasteiger partial charge < -0.3 is 15.4 Å². The summed E-state index contributed by atoms with van der Waals surface area (Å²) in [4.78, 5) is 11.8. The first-order chi connectivity index (χ1) is 8.65. The molecular formula is C15H32N2O2. The van der Waals surface area contributed by atoms with E-state index in [2.05, 4.69) is 31.4 Å². The van der Waals surface area contributed by atoms with Crippen LogP contribution < -0.4 is 10.6 Å². The van der Waals surface area contributed by atoms with Crippen LogP contribution in [0.3, 0.4) is 0 Å². The van der Waals surface area contributed by atoms with Crippen LogP contribution in [0.15, 0.2) is 0 Å². The zero-order valence-electron chi connectivity index (χ0n) is 13.7. The Hall–Kier alpha value is -0.770. The largest absolute Gasteiger partial charge is 0.444 e. The zero-order chi connectivity index (χ0) is 15.1. The van der Waals surface area contributed by atoms with Crippen LogP contribution in [0.25, 0.3) is 0 Å². The van der Waals surface area contributed by atoms with Crippen molar-refractivity contribution in [2.75, 3.05) is 13.6 Å². The smallest absolute Gasteiger partial charge is 0.407 e. The highest BCUT2D eigenvalue weighted by Gasteiger charge is 2.22. The van der Waals surface area contributed by atoms with Gasteiger partial charge in [0.25, 0.3) is 0 Å². The molecule has 0 radical (unpaired) electrons. The van der Waals surface area contributed by atoms with E-state index in [-0.39, 0.29) is 12.1 Å². The molecule has 0 aliphatic heterocycles. The summed E-state index contributed by atoms with van der Waals surface area (Å²) in [7, 11) is 1.96. The van der Waals surface area contributed by atoms with Crippen molar-refractivity contribution in [3.8, 4) is 0 Å². The Bertz CT molecular complexity index is 259. The highest BCUT2D eigenvalue weighted by Crippen LogP contribution is 2.16. The number of carbonyl (C=O) groups is 1. The van der Waals surface area contributed by atoms with E-state index in [9.17, 15) is 4.79 Å². The molecule has 0 saturated carbocycles. The molecule has 0 heterocycles. The fourth-order valence-electron chi connectivity index (χ4n) is 1.90. The average Bonchev–Trinajstić information content (AvgIpc) is 2.22. The van der Waals surface area contributed by atoms with Crippen LogP contribution in [0.2, 0.25) is 0 Å². The number of rotatable bonds is 7. The predicted octanol–water partition coefficient (Wildman–Crippen LogP) is 3.17. The van der Waals surface area contributed by atoms with E-state index in [0.717, 1.165) is 19.4 Å². The number of ether oxygens (including phenoxy) is 1. The molecule has 1 unspecified atom stereocenters. The fraction of sp³-hybridized carbons (Fsp3) is 0.933. The SMILES string of the molecule is CNCCC(C)C[C@H](NC(=O)OC(C)(C)C)C(C)C. The fourth-order valence-corrected chi connectivity index (χ4v) is 1.90. The molecule has 4 heteroatoms. The van der Waals surface area contributed by atoms with Crippen molar-refractivity contribution < 1.29 is 9.53 Å². The molecule has 0 spiro atoms. The van der Waals surface area contributed by atoms with E-state index in [1.54, 1.807) is 0 Å². The second-order valence-electron chi connectivity index (χ2n) is 6.73. The molecule has 0 bridgehead atoms. The molecule has 0 aromatic rings. The topological polar surface area (TPSA) is 50.4 Å². The van der Waals surface area contributed by atoms with Crippen LogP contribution in [0.1, 0.15) is 54.4 Å². The standard InChI is InChI=1S/C15H32N2O2/c1-11(2)13(10-12(3)8-9-16-7)17-14(18)19-15(4,5)6/h11-13,16H,8-10H2,1-7H3,(H,17,18)/t12?,13-/m0/s1. The number of hydrogen-bond acceptors (Lipinski definition) is 3. The lowest BCUT2D eigenvalue weighted by Crippen LogP contribution is -2.42. The summed E-state index contributed by atoms with van der Waals surface area (Å²) in [6, 6.07) is 0.168. The molecule has 114 valence electrons. The number of carbonyl (C=O) groups excluding carboxylic acids is 1. The Labute approximate surface area is 118 Å². The van der Waals surface area contributed by atoms with E-state index in [4.69, 9.17) is 4.74 Å². The molecule has 0 aromatic heterocycles. The van der Waals surface area contributed by atoms with Crippen LogP contribution in [0.5, 0.6) is 0 Å². The lowest BCUT2D eigenvalue weighted by Gasteiger charge is -2.27. The van der Waals surface area contributed by atoms with Crippen LogP contribution in [-0.2, 0) is 4.74 Å². The normalized spacial score (nSPS) is 15.2. The van der Waals surface area contributed by atoms with Crippen molar-refractivity contribution in [3.63, 3.8) is 0 Å². The number of amides is 1. The highest BCUT2D eigenvalue weighted by molar-refractivity contribution is 5.68. The van der Waals surface area contributed by atoms with Crippen LogP contribution in [0, 0.1) is 11.8 Å². The van der Waals surface area contributed by atoms with Gasteiger partial charge in [0.2, 0.25) is 0 Å². The molecule has 0 fully saturated rings. The van der Waals surface area contributed by atoms with Crippen molar-refractivity contribution in [1.82, 2.24) is 10.6 Å². The van der Waals surface area contributed by atoms with Gasteiger partial charge in [0, 0.05) is 6.04 Å². The quantitative estimate of drug-likeness (QED) is 0.748. The van der Waals surface area contributed by atoms with Crippen molar-refractivity contribution in [2.24, 2.45) is 11.8 Å². The molecule has 2 N–H and O–H groups in total. The second kappa shape index (κ2) is 8.41. The lowest BCUT2D eigenvalue weighted by atomic mass is 9.92. The van der Waals surface area contributed by atoms with Crippen molar-refractivity contribution >= 4 is 6.09 Å². The minimum Gasteiger partial charge on any atom is -0.444 e. The summed E-state index contributed by atoms with van der Waals surface area (Å²) >= 11 is 0. The maximum atomic E-state index is 11.8. The first-order valence-corrected chi connectivity index (χ1v) is 7.29. The number of alkyl carbamates (subject to hydrolysis) is 1. The molecule has 0 rings (SSSR count). The monoisotopic (exact) mass is 272 g/mol. The molecule has 1 amide bonds. The van der Waals surface area contributed by atoms with Crippen molar-refractivity contribution in [2.45, 2.75) is 66.0 Å². The predicted molar refractivity (Wildman–Crippen MR) is 80.3 cm³/mol. The van der Waals surface area contributed by atoms with Gasteiger partial charge in [-0.3, -0.25) is 0 Å². The molecule has 0 aliphatic carbocycles. The van der Waals surface area contributed by atoms with Crippen LogP contribution >= 0.6 is 0 Å². The van der Waals surface area contributed by atoms with Gasteiger partial charge in [-0.1, -0.05) is 20.8 Å². The maximum absolute atomic E-state index is 11.8. The van der Waals surface area contributed by atoms with Gasteiger partial charge in [0.1, 0.15) is 5.60 Å². The first-order valence-electron chi connectivity index (χ1n) is 7.29. The highest BCUT2D eigenvalue weighted by atomic mass is 16.6. The molecule has 2 atom stereocenters. The Balaban J connectivity index is 4.30. The Morgan fingerprint density at radius 2 is 1.79 bits per heavy atom. The summed E-state index contributed by atoms with van der Waals surface area (Å²) in [5.74, 6) is 0.986. The minimum absolute atomic E-state index is 0.168.